The van der Waals surface area contributed by atoms with E-state index in [9.17, 15) is 59.1 Å². The summed E-state index contributed by atoms with van der Waals surface area (Å²) >= 11 is 0. The molecule has 1 aliphatic heterocycles. The van der Waals surface area contributed by atoms with Gasteiger partial charge in [-0.2, -0.15) is 0 Å². The third-order valence-electron chi connectivity index (χ3n) is 15.8. The Balaban J connectivity index is 0.000000481. The molecule has 1 aromatic carbocycles. The molecule has 0 radical (unpaired) electrons. The molecule has 1 fully saturated rings. The van der Waals surface area contributed by atoms with E-state index in [0.717, 1.165) is 41.9 Å². The summed E-state index contributed by atoms with van der Waals surface area (Å²) in [5, 5.41) is 60.1. The number of ether oxygens (including phenoxy) is 8. The van der Waals surface area contributed by atoms with Gasteiger partial charge in [-0.05, 0) is 186 Å². The Kier molecular flexibility index (Phi) is 49.5. The molecule has 1 saturated heterocycles. The SMILES string of the molecule is CC(C)OCC(=O)NC1CCN(C(=O)OC(C)(C)C)CC1.CC(C)OCC(=O)NCCC[n+]1cccc([O-])c1.CC(C)OCC(=O)Nc1cncc(OCc2ccccc2)c1.Cc1ccc(O)c(CN(C)C(=O)COC(C)C)n1.Cc1ccc(O)c(CN(C[C@H](C)O)C(=O)COC(C)C)n1.Cc1ccc([O-])c(CN(C)C(=O)COC(C)C)n1. The van der Waals surface area contributed by atoms with Gasteiger partial charge in [0.2, 0.25) is 35.4 Å². The Morgan fingerprint density at radius 3 is 1.54 bits per heavy atom. The number of pyridine rings is 5. The van der Waals surface area contributed by atoms with Gasteiger partial charge in [-0.15, -0.1) is 0 Å². The molecule has 0 spiro atoms. The molecule has 6 heterocycles. The third kappa shape index (κ3) is 49.1. The zero-order chi connectivity index (χ0) is 88.6. The van der Waals surface area contributed by atoms with Crippen LogP contribution in [0.15, 0.2) is 110 Å². The normalized spacial score (nSPS) is 12.1. The zero-order valence-electron chi connectivity index (χ0n) is 73.0. The minimum atomic E-state index is -0.667. The lowest BCUT2D eigenvalue weighted by molar-refractivity contribution is -0.699. The molecule has 6 aromatic rings. The predicted octanol–water partition coefficient (Wildman–Crippen LogP) is 8.49. The quantitative estimate of drug-likeness (QED) is 0.0160. The van der Waals surface area contributed by atoms with Crippen molar-refractivity contribution in [2.24, 2.45) is 0 Å². The van der Waals surface area contributed by atoms with E-state index in [-0.39, 0.29) is 173 Å². The van der Waals surface area contributed by atoms with E-state index in [1.54, 1.807) is 87.0 Å². The summed E-state index contributed by atoms with van der Waals surface area (Å²) in [4.78, 5) is 105. The average molecular weight is 1650 g/mol. The number of piperidine rings is 1. The van der Waals surface area contributed by atoms with Crippen molar-refractivity contribution in [3.8, 4) is 28.7 Å². The molecule has 1 atom stereocenters. The number of hydrogen-bond acceptors (Lipinski definition) is 24. The van der Waals surface area contributed by atoms with Crippen LogP contribution in [0.25, 0.3) is 0 Å². The number of hydrogen-bond donors (Lipinski definition) is 6. The minimum Gasteiger partial charge on any atom is -0.871 e. The van der Waals surface area contributed by atoms with Crippen LogP contribution in [-0.4, -0.2) is 231 Å². The highest BCUT2D eigenvalue weighted by atomic mass is 16.6. The highest BCUT2D eigenvalue weighted by Crippen LogP contribution is 2.22. The summed E-state index contributed by atoms with van der Waals surface area (Å²) in [6, 6.07) is 24.6. The van der Waals surface area contributed by atoms with Gasteiger partial charge in [-0.25, -0.2) is 9.36 Å². The summed E-state index contributed by atoms with van der Waals surface area (Å²) in [6.45, 7) is 39.1. The topological polar surface area (TPSA) is 405 Å². The number of aliphatic hydroxyl groups is 1. The Bertz CT molecular complexity index is 3850. The highest BCUT2D eigenvalue weighted by Gasteiger charge is 2.28. The van der Waals surface area contributed by atoms with Crippen molar-refractivity contribution < 1.29 is 102 Å². The first kappa shape index (κ1) is 104. The van der Waals surface area contributed by atoms with E-state index < -0.39 is 11.7 Å². The van der Waals surface area contributed by atoms with Crippen molar-refractivity contribution in [3.63, 3.8) is 0 Å². The largest absolute Gasteiger partial charge is 0.871 e. The van der Waals surface area contributed by atoms with Crippen LogP contribution in [0.5, 0.6) is 28.7 Å². The summed E-state index contributed by atoms with van der Waals surface area (Å²) in [7, 11) is 3.30. The molecule has 0 aliphatic carbocycles. The number of anilines is 1. The summed E-state index contributed by atoms with van der Waals surface area (Å²) in [5.74, 6) is -0.367. The lowest BCUT2D eigenvalue weighted by Crippen LogP contribution is -2.48. The highest BCUT2D eigenvalue weighted by molar-refractivity contribution is 5.91. The molecule has 32 nitrogen and oxygen atoms in total. The van der Waals surface area contributed by atoms with E-state index in [0.29, 0.717) is 61.3 Å². The van der Waals surface area contributed by atoms with Crippen LogP contribution >= 0.6 is 0 Å². The maximum absolute atomic E-state index is 12.2. The number of nitrogens with zero attached hydrogens (tertiary/aromatic N) is 9. The van der Waals surface area contributed by atoms with Gasteiger partial charge in [-0.1, -0.05) is 48.2 Å². The first-order chi connectivity index (χ1) is 55.5. The van der Waals surface area contributed by atoms with Crippen LogP contribution in [-0.2, 0) is 94.7 Å². The van der Waals surface area contributed by atoms with Crippen molar-refractivity contribution in [3.05, 3.63) is 149 Å². The first-order valence-electron chi connectivity index (χ1n) is 39.7. The molecule has 7 amide bonds. The number of aliphatic hydroxyl groups excluding tert-OH is 1. The zero-order valence-corrected chi connectivity index (χ0v) is 73.0. The van der Waals surface area contributed by atoms with Crippen molar-refractivity contribution in [2.75, 3.05) is 85.2 Å². The van der Waals surface area contributed by atoms with E-state index in [4.69, 9.17) is 37.9 Å². The fourth-order valence-corrected chi connectivity index (χ4v) is 9.77. The van der Waals surface area contributed by atoms with Gasteiger partial charge in [0.15, 0.2) is 12.4 Å². The Morgan fingerprint density at radius 1 is 0.576 bits per heavy atom. The van der Waals surface area contributed by atoms with E-state index in [1.807, 2.05) is 166 Å². The van der Waals surface area contributed by atoms with Crippen LogP contribution in [0.2, 0.25) is 0 Å². The molecule has 5 aromatic heterocycles. The maximum atomic E-state index is 12.2. The summed E-state index contributed by atoms with van der Waals surface area (Å²) in [5.41, 5.74) is 4.80. The molecule has 32 heteroatoms. The fraction of sp³-hybridized carbons (Fsp3) is 0.558. The molecule has 0 saturated carbocycles. The molecule has 6 N–H and O–H groups in total. The van der Waals surface area contributed by atoms with Crippen LogP contribution in [0.3, 0.4) is 0 Å². The molecular formula is C86H131N12O20-. The Hall–Kier alpha value is -10.2. The second-order valence-corrected chi connectivity index (χ2v) is 30.5. The van der Waals surface area contributed by atoms with Gasteiger partial charge >= 0.3 is 6.09 Å². The van der Waals surface area contributed by atoms with E-state index >= 15 is 0 Å². The predicted molar refractivity (Wildman–Crippen MR) is 443 cm³/mol. The van der Waals surface area contributed by atoms with Gasteiger partial charge in [0.05, 0.1) is 86.1 Å². The summed E-state index contributed by atoms with van der Waals surface area (Å²) in [6.07, 6.45) is 7.99. The van der Waals surface area contributed by atoms with Crippen molar-refractivity contribution in [1.82, 2.24) is 50.2 Å². The maximum Gasteiger partial charge on any atom is 0.410 e. The number of aromatic nitrogens is 5. The van der Waals surface area contributed by atoms with Gasteiger partial charge < -0.3 is 99.0 Å². The van der Waals surface area contributed by atoms with Crippen LogP contribution in [0, 0.1) is 20.8 Å². The Morgan fingerprint density at radius 2 is 1.04 bits per heavy atom. The lowest BCUT2D eigenvalue weighted by atomic mass is 10.1. The first-order valence-corrected chi connectivity index (χ1v) is 39.7. The lowest BCUT2D eigenvalue weighted by Gasteiger charge is -2.33. The second-order valence-electron chi connectivity index (χ2n) is 30.5. The number of amides is 7. The van der Waals surface area contributed by atoms with E-state index in [2.05, 4.69) is 35.9 Å². The van der Waals surface area contributed by atoms with Crippen LogP contribution in [0.1, 0.15) is 170 Å². The number of carbonyl (C=O) groups excluding carboxylic acids is 7. The van der Waals surface area contributed by atoms with Crippen molar-refractivity contribution in [2.45, 2.75) is 238 Å². The molecule has 118 heavy (non-hydrogen) atoms. The third-order valence-corrected chi connectivity index (χ3v) is 15.8. The average Bonchev–Trinajstić information content (AvgIpc) is 0.953. The smallest absolute Gasteiger partial charge is 0.410 e. The number of carbonyl (C=O) groups is 7. The van der Waals surface area contributed by atoms with Crippen molar-refractivity contribution >= 4 is 47.2 Å². The van der Waals surface area contributed by atoms with Gasteiger partial charge in [0.25, 0.3) is 0 Å². The van der Waals surface area contributed by atoms with Crippen LogP contribution < -0.4 is 35.5 Å². The van der Waals surface area contributed by atoms with Gasteiger partial charge in [0, 0.05) is 82.0 Å². The molecule has 1 aliphatic rings. The van der Waals surface area contributed by atoms with Crippen molar-refractivity contribution in [1.29, 1.82) is 0 Å². The van der Waals surface area contributed by atoms with Crippen LogP contribution in [0.4, 0.5) is 10.5 Å². The molecule has 656 valence electrons. The van der Waals surface area contributed by atoms with E-state index in [1.165, 1.54) is 26.8 Å². The Labute approximate surface area is 697 Å². The number of benzene rings is 1. The molecule has 0 bridgehead atoms. The standard InChI is InChI=1S/C17H20N2O3.C15H28N2O4.C15H24N2O4.3C13H20N2O3/c1-13(2)21-12-17(20)19-15-8-16(10-18-9-15)22-11-14-6-4-3-5-7-14;1-11(2)20-10-13(18)16-12-6-8-17(9-7-12)14(19)21-15(3,4)5;1-10(2)21-9-15(20)17(7-12(4)18)8-13-14(19)6-5-11(3)16-13;2*1-9(2)18-8-13(17)15(4)7-11-12(16)6-5-10(3)14-11;1-11(2)18-10-13(17)14-6-4-8-15-7-3-5-12(16)9-15/h3-10,13H,11-12H2,1-2H3,(H,19,20);11-12H,6-10H2,1-5H3,(H,16,18);5-6,10,12,18-19H,7-9H2,1-4H3;2*5-6,9,16H,7-8H2,1-4H3;3,5,7,9,11H,4,6,8,10H2,1-2H3,(H-,14,16,17)/p-1/t;;12-;;;/m..0.../s1. The number of rotatable bonds is 35. The minimum absolute atomic E-state index is 0.00753. The number of nitrogens with one attached hydrogen (secondary N) is 3. The van der Waals surface area contributed by atoms with Gasteiger partial charge in [-0.3, -0.25) is 48.7 Å². The number of aromatic hydroxyl groups is 2. The fourth-order valence-electron chi connectivity index (χ4n) is 9.77. The molecule has 0 unspecified atom stereocenters. The number of aryl methyl sites for hydroxylation is 4. The molecule has 7 rings (SSSR count). The second kappa shape index (κ2) is 56.2. The monoisotopic (exact) mass is 1650 g/mol. The number of likely N-dealkylation sites (tertiary alicyclic amines) is 1. The van der Waals surface area contributed by atoms with Gasteiger partial charge in [0.1, 0.15) is 87.0 Å². The number of likely N-dealkylation sites (N-methyl/N-ethyl adjacent to an activating group) is 2. The molecular weight excluding hydrogens is 1520 g/mol. The summed E-state index contributed by atoms with van der Waals surface area (Å²) < 4.78 is 44.3.